The van der Waals surface area contributed by atoms with Crippen LogP contribution in [0.25, 0.3) is 0 Å². The standard InChI is InChI=1S/C13H16Cl2FN/c14-11-5-1-3-9(13(11)15)7-12(16)10-4-2-6-17-8-10/h1,3,5,10,12,17H,2,4,6-8H2. The molecule has 1 aromatic rings. The smallest absolute Gasteiger partial charge is 0.108 e. The first-order valence-electron chi connectivity index (χ1n) is 5.96. The number of hydrogen-bond acceptors (Lipinski definition) is 1. The largest absolute Gasteiger partial charge is 0.316 e. The first-order chi connectivity index (χ1) is 8.18. The zero-order valence-corrected chi connectivity index (χ0v) is 11.1. The molecule has 0 aromatic heterocycles. The number of hydrogen-bond donors (Lipinski definition) is 1. The molecule has 1 fully saturated rings. The summed E-state index contributed by atoms with van der Waals surface area (Å²) in [5, 5.41) is 4.21. The molecule has 2 atom stereocenters. The van der Waals surface area contributed by atoms with Crippen LogP contribution in [-0.4, -0.2) is 19.3 Å². The molecule has 0 spiro atoms. The van der Waals surface area contributed by atoms with Crippen molar-refractivity contribution in [2.45, 2.75) is 25.4 Å². The Balaban J connectivity index is 2.01. The molecular formula is C13H16Cl2FN. The highest BCUT2D eigenvalue weighted by Gasteiger charge is 2.24. The van der Waals surface area contributed by atoms with Crippen LogP contribution < -0.4 is 5.32 Å². The van der Waals surface area contributed by atoms with Crippen molar-refractivity contribution in [1.82, 2.24) is 5.32 Å². The van der Waals surface area contributed by atoms with E-state index >= 15 is 0 Å². The Morgan fingerprint density at radius 1 is 1.41 bits per heavy atom. The van der Waals surface area contributed by atoms with Gasteiger partial charge in [0.05, 0.1) is 10.0 Å². The van der Waals surface area contributed by atoms with Gasteiger partial charge in [-0.1, -0.05) is 35.3 Å². The first-order valence-corrected chi connectivity index (χ1v) is 6.71. The second kappa shape index (κ2) is 6.03. The van der Waals surface area contributed by atoms with Gasteiger partial charge < -0.3 is 5.32 Å². The molecule has 0 saturated carbocycles. The van der Waals surface area contributed by atoms with Gasteiger partial charge in [-0.25, -0.2) is 4.39 Å². The first kappa shape index (κ1) is 13.1. The minimum atomic E-state index is -0.848. The molecule has 2 unspecified atom stereocenters. The third-order valence-electron chi connectivity index (χ3n) is 3.29. The molecule has 0 aliphatic carbocycles. The van der Waals surface area contributed by atoms with Gasteiger partial charge in [-0.2, -0.15) is 0 Å². The summed E-state index contributed by atoms with van der Waals surface area (Å²) in [6.07, 6.45) is 1.51. The summed E-state index contributed by atoms with van der Waals surface area (Å²) in [6.45, 7) is 1.76. The van der Waals surface area contributed by atoms with Crippen molar-refractivity contribution in [1.29, 1.82) is 0 Å². The molecule has 0 radical (unpaired) electrons. The number of halogens is 3. The number of nitrogens with one attached hydrogen (secondary N) is 1. The summed E-state index contributed by atoms with van der Waals surface area (Å²) in [6, 6.07) is 5.38. The summed E-state index contributed by atoms with van der Waals surface area (Å²) in [4.78, 5) is 0. The van der Waals surface area contributed by atoms with E-state index in [1.165, 1.54) is 0 Å². The molecule has 0 bridgehead atoms. The summed E-state index contributed by atoms with van der Waals surface area (Å²) in [5.41, 5.74) is 0.803. The van der Waals surface area contributed by atoms with E-state index in [1.807, 2.05) is 12.1 Å². The second-order valence-electron chi connectivity index (χ2n) is 4.54. The fourth-order valence-electron chi connectivity index (χ4n) is 2.27. The number of piperidine rings is 1. The average Bonchev–Trinajstić information content (AvgIpc) is 2.36. The van der Waals surface area contributed by atoms with Crippen molar-refractivity contribution in [3.05, 3.63) is 33.8 Å². The normalized spacial score (nSPS) is 22.4. The Morgan fingerprint density at radius 3 is 2.94 bits per heavy atom. The van der Waals surface area contributed by atoms with Crippen LogP contribution in [0.3, 0.4) is 0 Å². The lowest BCUT2D eigenvalue weighted by molar-refractivity contribution is 0.191. The zero-order chi connectivity index (χ0) is 12.3. The molecule has 1 saturated heterocycles. The van der Waals surface area contributed by atoms with Gasteiger partial charge in [-0.15, -0.1) is 0 Å². The molecule has 0 amide bonds. The maximum atomic E-state index is 14.1. The molecular weight excluding hydrogens is 260 g/mol. The highest BCUT2D eigenvalue weighted by atomic mass is 35.5. The maximum absolute atomic E-state index is 14.1. The highest BCUT2D eigenvalue weighted by Crippen LogP contribution is 2.29. The molecule has 2 rings (SSSR count). The summed E-state index contributed by atoms with van der Waals surface area (Å²) >= 11 is 12.0. The minimum Gasteiger partial charge on any atom is -0.316 e. The van der Waals surface area contributed by atoms with Gasteiger partial charge in [0.2, 0.25) is 0 Å². The van der Waals surface area contributed by atoms with Gasteiger partial charge in [-0.3, -0.25) is 0 Å². The third kappa shape index (κ3) is 3.34. The van der Waals surface area contributed by atoms with Crippen LogP contribution >= 0.6 is 23.2 Å². The average molecular weight is 276 g/mol. The van der Waals surface area contributed by atoms with Crippen LogP contribution in [0.2, 0.25) is 10.0 Å². The predicted octanol–water partition coefficient (Wildman–Crippen LogP) is 3.87. The molecule has 94 valence electrons. The van der Waals surface area contributed by atoms with Crippen LogP contribution in [0.1, 0.15) is 18.4 Å². The van der Waals surface area contributed by atoms with Crippen molar-refractivity contribution in [2.24, 2.45) is 5.92 Å². The van der Waals surface area contributed by atoms with E-state index in [0.717, 1.165) is 31.5 Å². The molecule has 1 aliphatic heterocycles. The summed E-state index contributed by atoms with van der Waals surface area (Å²) in [7, 11) is 0. The van der Waals surface area contributed by atoms with E-state index in [2.05, 4.69) is 5.32 Å². The Morgan fingerprint density at radius 2 is 2.24 bits per heavy atom. The van der Waals surface area contributed by atoms with E-state index in [9.17, 15) is 4.39 Å². The molecule has 1 aromatic carbocycles. The van der Waals surface area contributed by atoms with E-state index in [1.54, 1.807) is 6.07 Å². The number of benzene rings is 1. The Labute approximate surface area is 111 Å². The summed E-state index contributed by atoms with van der Waals surface area (Å²) < 4.78 is 14.1. The van der Waals surface area contributed by atoms with Crippen molar-refractivity contribution in [3.8, 4) is 0 Å². The van der Waals surface area contributed by atoms with Gasteiger partial charge in [-0.05, 0) is 31.0 Å². The van der Waals surface area contributed by atoms with Crippen molar-refractivity contribution in [3.63, 3.8) is 0 Å². The summed E-state index contributed by atoms with van der Waals surface area (Å²) in [5.74, 6) is 0.0961. The number of alkyl halides is 1. The molecule has 1 heterocycles. The Bertz CT molecular complexity index is 378. The van der Waals surface area contributed by atoms with Gasteiger partial charge in [0.1, 0.15) is 6.17 Å². The molecule has 17 heavy (non-hydrogen) atoms. The van der Waals surface area contributed by atoms with Gasteiger partial charge in [0.15, 0.2) is 0 Å². The molecule has 1 N–H and O–H groups in total. The Kier molecular flexibility index (Phi) is 4.66. The monoisotopic (exact) mass is 275 g/mol. The van der Waals surface area contributed by atoms with E-state index in [0.29, 0.717) is 16.5 Å². The van der Waals surface area contributed by atoms with Crippen LogP contribution in [-0.2, 0) is 6.42 Å². The topological polar surface area (TPSA) is 12.0 Å². The van der Waals surface area contributed by atoms with Gasteiger partial charge in [0.25, 0.3) is 0 Å². The molecule has 4 heteroatoms. The lowest BCUT2D eigenvalue weighted by atomic mass is 9.91. The molecule has 1 aliphatic rings. The van der Waals surface area contributed by atoms with Crippen molar-refractivity contribution >= 4 is 23.2 Å². The van der Waals surface area contributed by atoms with Crippen LogP contribution in [0.15, 0.2) is 18.2 Å². The van der Waals surface area contributed by atoms with E-state index in [4.69, 9.17) is 23.2 Å². The lowest BCUT2D eigenvalue weighted by Gasteiger charge is -2.26. The Hall–Kier alpha value is -0.310. The lowest BCUT2D eigenvalue weighted by Crippen LogP contribution is -2.35. The van der Waals surface area contributed by atoms with E-state index < -0.39 is 6.17 Å². The fourth-order valence-corrected chi connectivity index (χ4v) is 2.67. The molecule has 1 nitrogen and oxygen atoms in total. The second-order valence-corrected chi connectivity index (χ2v) is 5.32. The maximum Gasteiger partial charge on any atom is 0.108 e. The van der Waals surface area contributed by atoms with Crippen molar-refractivity contribution < 1.29 is 4.39 Å². The fraction of sp³-hybridized carbons (Fsp3) is 0.538. The van der Waals surface area contributed by atoms with Gasteiger partial charge >= 0.3 is 0 Å². The SMILES string of the molecule is FC(Cc1cccc(Cl)c1Cl)C1CCCNC1. The van der Waals surface area contributed by atoms with Gasteiger partial charge in [0, 0.05) is 18.9 Å². The van der Waals surface area contributed by atoms with Crippen LogP contribution in [0, 0.1) is 5.92 Å². The van der Waals surface area contributed by atoms with E-state index in [-0.39, 0.29) is 5.92 Å². The quantitative estimate of drug-likeness (QED) is 0.883. The predicted molar refractivity (Wildman–Crippen MR) is 70.7 cm³/mol. The zero-order valence-electron chi connectivity index (χ0n) is 9.56. The third-order valence-corrected chi connectivity index (χ3v) is 4.15. The van der Waals surface area contributed by atoms with Crippen LogP contribution in [0.5, 0.6) is 0 Å². The minimum absolute atomic E-state index is 0.0961. The number of rotatable bonds is 3. The van der Waals surface area contributed by atoms with Crippen LogP contribution in [0.4, 0.5) is 4.39 Å². The highest BCUT2D eigenvalue weighted by molar-refractivity contribution is 6.42. The van der Waals surface area contributed by atoms with Crippen molar-refractivity contribution in [2.75, 3.05) is 13.1 Å².